The molecule has 1 aliphatic heterocycles. The predicted molar refractivity (Wildman–Crippen MR) is 166 cm³/mol. The lowest BCUT2D eigenvalue weighted by Gasteiger charge is -2.52. The van der Waals surface area contributed by atoms with E-state index in [-0.39, 0.29) is 22.5 Å². The van der Waals surface area contributed by atoms with Crippen molar-refractivity contribution in [2.45, 2.75) is 60.3 Å². The number of pyridine rings is 1. The number of fused-ring (bicyclic) bond motifs is 5. The minimum atomic E-state index is -0.121. The van der Waals surface area contributed by atoms with Crippen molar-refractivity contribution in [3.05, 3.63) is 53.8 Å². The van der Waals surface area contributed by atoms with Crippen LogP contribution >= 0.6 is 0 Å². The van der Waals surface area contributed by atoms with Gasteiger partial charge in [-0.15, -0.1) is 0 Å². The Morgan fingerprint density at radius 1 is 1.12 bits per heavy atom. The van der Waals surface area contributed by atoms with Gasteiger partial charge >= 0.3 is 0 Å². The van der Waals surface area contributed by atoms with Crippen molar-refractivity contribution < 1.29 is 9.59 Å². The summed E-state index contributed by atoms with van der Waals surface area (Å²) in [6, 6.07) is 4.33. The molecule has 1 aromatic heterocycles. The van der Waals surface area contributed by atoms with Gasteiger partial charge in [-0.25, -0.2) is 4.98 Å². The zero-order valence-electron chi connectivity index (χ0n) is 25.7. The van der Waals surface area contributed by atoms with Crippen LogP contribution in [0.1, 0.15) is 60.3 Å². The van der Waals surface area contributed by atoms with Gasteiger partial charge in [-0.05, 0) is 93.9 Å². The largest absolute Gasteiger partial charge is 0.371 e. The molecular weight excluding hydrogens is 508 g/mol. The van der Waals surface area contributed by atoms with Gasteiger partial charge in [0.15, 0.2) is 11.6 Å². The Balaban J connectivity index is 1.10. The van der Waals surface area contributed by atoms with Crippen LogP contribution < -0.4 is 9.80 Å². The summed E-state index contributed by atoms with van der Waals surface area (Å²) >= 11 is 0. The van der Waals surface area contributed by atoms with E-state index < -0.39 is 0 Å². The zero-order chi connectivity index (χ0) is 28.9. The van der Waals surface area contributed by atoms with Crippen LogP contribution in [0.3, 0.4) is 0 Å². The third-order valence-electron chi connectivity index (χ3n) is 11.6. The number of carbonyl (C=O) groups excluding carboxylic acids is 2. The Labute approximate surface area is 246 Å². The fourth-order valence-corrected chi connectivity index (χ4v) is 9.37. The van der Waals surface area contributed by atoms with Gasteiger partial charge in [-0.3, -0.25) is 14.5 Å². The van der Waals surface area contributed by atoms with Crippen molar-refractivity contribution >= 4 is 23.1 Å². The number of hydrogen-bond donors (Lipinski definition) is 0. The number of carbonyl (C=O) groups is 2. The molecule has 6 nitrogen and oxygen atoms in total. The molecule has 220 valence electrons. The van der Waals surface area contributed by atoms with Gasteiger partial charge < -0.3 is 9.80 Å². The van der Waals surface area contributed by atoms with E-state index in [1.807, 2.05) is 12.3 Å². The van der Waals surface area contributed by atoms with Gasteiger partial charge in [-0.2, -0.15) is 0 Å². The summed E-state index contributed by atoms with van der Waals surface area (Å²) in [7, 11) is 0. The number of Topliss-reactive ketones (excluding diaryl/α,β-unsaturated/α-hetero) is 1. The first-order valence-corrected chi connectivity index (χ1v) is 16.0. The van der Waals surface area contributed by atoms with Gasteiger partial charge in [0.25, 0.3) is 0 Å². The van der Waals surface area contributed by atoms with Crippen LogP contribution in [0.15, 0.2) is 53.8 Å². The van der Waals surface area contributed by atoms with Gasteiger partial charge in [0, 0.05) is 50.6 Å². The second kappa shape index (κ2) is 10.8. The molecule has 3 fully saturated rings. The van der Waals surface area contributed by atoms with Crippen LogP contribution in [-0.4, -0.2) is 67.3 Å². The lowest BCUT2D eigenvalue weighted by molar-refractivity contribution is -0.129. The second-order valence-electron chi connectivity index (χ2n) is 13.7. The van der Waals surface area contributed by atoms with Gasteiger partial charge in [-0.1, -0.05) is 37.1 Å². The third-order valence-corrected chi connectivity index (χ3v) is 11.6. The highest BCUT2D eigenvalue weighted by Gasteiger charge is 2.59. The Morgan fingerprint density at radius 3 is 2.56 bits per heavy atom. The standard InChI is InChI=1S/C35H48N4O2/c1-6-38(7-2)26-9-11-32(36-22-26)39-18-16-37(17-19-39)23-31(41)33-24(3)20-30-28-10-8-25-21-27(40)12-14-34(25,4)29(28)13-15-35(30,33)5/h9,11-14,21-22,24,28,30,33H,6-8,10,15-20,23H2,1-5H3/t24-,28-,30+,33-,34+,35+/m1/s1. The molecular formula is C35H48N4O2. The Bertz CT molecular complexity index is 1270. The first kappa shape index (κ1) is 28.4. The van der Waals surface area contributed by atoms with E-state index in [4.69, 9.17) is 4.98 Å². The summed E-state index contributed by atoms with van der Waals surface area (Å²) in [6.45, 7) is 17.5. The smallest absolute Gasteiger partial charge is 0.178 e. The molecule has 0 N–H and O–H groups in total. The van der Waals surface area contributed by atoms with Crippen LogP contribution in [0, 0.1) is 34.5 Å². The van der Waals surface area contributed by atoms with Gasteiger partial charge in [0.05, 0.1) is 18.4 Å². The van der Waals surface area contributed by atoms with E-state index in [0.29, 0.717) is 30.1 Å². The first-order chi connectivity index (χ1) is 19.7. The number of rotatable bonds is 7. The first-order valence-electron chi connectivity index (χ1n) is 16.0. The van der Waals surface area contributed by atoms with Crippen LogP contribution in [0.5, 0.6) is 0 Å². The fraction of sp³-hybridized carbons (Fsp3) is 0.629. The number of aromatic nitrogens is 1. The molecule has 0 aromatic carbocycles. The Kier molecular flexibility index (Phi) is 7.50. The van der Waals surface area contributed by atoms with Crippen LogP contribution in [0.2, 0.25) is 0 Å². The van der Waals surface area contributed by atoms with E-state index in [1.54, 1.807) is 6.08 Å². The van der Waals surface area contributed by atoms with Crippen LogP contribution in [0.4, 0.5) is 11.5 Å². The van der Waals surface area contributed by atoms with E-state index >= 15 is 0 Å². The lowest BCUT2D eigenvalue weighted by atomic mass is 9.52. The molecule has 0 spiro atoms. The number of piperazine rings is 1. The van der Waals surface area contributed by atoms with Crippen molar-refractivity contribution in [1.82, 2.24) is 9.88 Å². The average molecular weight is 557 g/mol. The SMILES string of the molecule is CCN(CC)c1ccc(N2CCN(CC(=O)[C@H]3[C@H](C)C[C@H]4[C@@H]5CCC6=CC(=O)C=C[C@]6(C)C5=CC[C@@]43C)CC2)nc1. The highest BCUT2D eigenvalue weighted by molar-refractivity contribution is 6.01. The molecule has 0 amide bonds. The van der Waals surface area contributed by atoms with E-state index in [9.17, 15) is 9.59 Å². The minimum absolute atomic E-state index is 0.0226. The van der Waals surface area contributed by atoms with Crippen molar-refractivity contribution in [2.75, 3.05) is 55.6 Å². The summed E-state index contributed by atoms with van der Waals surface area (Å²) in [5.41, 5.74) is 3.87. The van der Waals surface area contributed by atoms with E-state index in [2.05, 4.69) is 73.6 Å². The maximum absolute atomic E-state index is 14.0. The number of allylic oxidation sites excluding steroid dienone is 6. The van der Waals surface area contributed by atoms with Crippen molar-refractivity contribution in [3.8, 4) is 0 Å². The molecule has 2 heterocycles. The number of ketones is 2. The minimum Gasteiger partial charge on any atom is -0.371 e. The van der Waals surface area contributed by atoms with Crippen LogP contribution in [-0.2, 0) is 9.59 Å². The van der Waals surface area contributed by atoms with Crippen molar-refractivity contribution in [3.63, 3.8) is 0 Å². The van der Waals surface area contributed by atoms with Crippen molar-refractivity contribution in [1.29, 1.82) is 0 Å². The topological polar surface area (TPSA) is 56.8 Å². The molecule has 6 heteroatoms. The molecule has 41 heavy (non-hydrogen) atoms. The Morgan fingerprint density at radius 2 is 1.88 bits per heavy atom. The van der Waals surface area contributed by atoms with E-state index in [1.165, 1.54) is 16.8 Å². The summed E-state index contributed by atoms with van der Waals surface area (Å²) in [4.78, 5) is 37.9. The molecule has 0 unspecified atom stereocenters. The maximum Gasteiger partial charge on any atom is 0.178 e. The van der Waals surface area contributed by atoms with Crippen molar-refractivity contribution in [2.24, 2.45) is 34.5 Å². The third kappa shape index (κ3) is 4.80. The summed E-state index contributed by atoms with van der Waals surface area (Å²) < 4.78 is 0. The molecule has 4 aliphatic carbocycles. The quantitative estimate of drug-likeness (QED) is 0.401. The summed E-state index contributed by atoms with van der Waals surface area (Å²) in [5, 5.41) is 0. The molecule has 5 aliphatic rings. The molecule has 0 radical (unpaired) electrons. The molecule has 6 rings (SSSR count). The average Bonchev–Trinajstić information content (AvgIpc) is 3.25. The van der Waals surface area contributed by atoms with E-state index in [0.717, 1.165) is 70.8 Å². The number of hydrogen-bond acceptors (Lipinski definition) is 6. The summed E-state index contributed by atoms with van der Waals surface area (Å²) in [5.74, 6) is 3.19. The predicted octanol–water partition coefficient (Wildman–Crippen LogP) is 5.71. The lowest BCUT2D eigenvalue weighted by Crippen LogP contribution is -2.50. The highest BCUT2D eigenvalue weighted by Crippen LogP contribution is 2.65. The molecule has 0 bridgehead atoms. The fourth-order valence-electron chi connectivity index (χ4n) is 9.37. The number of nitrogens with zero attached hydrogens (tertiary/aromatic N) is 4. The second-order valence-corrected chi connectivity index (χ2v) is 13.7. The molecule has 2 saturated carbocycles. The Hall–Kier alpha value is -2.73. The molecule has 6 atom stereocenters. The maximum atomic E-state index is 14.0. The normalized spacial score (nSPS) is 34.9. The van der Waals surface area contributed by atoms with Gasteiger partial charge in [0.1, 0.15) is 5.82 Å². The summed E-state index contributed by atoms with van der Waals surface area (Å²) in [6.07, 6.45) is 14.5. The van der Waals surface area contributed by atoms with Crippen LogP contribution in [0.25, 0.3) is 0 Å². The zero-order valence-corrected chi connectivity index (χ0v) is 25.7. The number of anilines is 2. The highest BCUT2D eigenvalue weighted by atomic mass is 16.1. The molecule has 1 aromatic rings. The monoisotopic (exact) mass is 556 g/mol. The van der Waals surface area contributed by atoms with Gasteiger partial charge in [0.2, 0.25) is 0 Å². The molecule has 1 saturated heterocycles.